The van der Waals surface area contributed by atoms with E-state index in [0.717, 1.165) is 15.6 Å². The van der Waals surface area contributed by atoms with Gasteiger partial charge in [-0.2, -0.15) is 0 Å². The van der Waals surface area contributed by atoms with Crippen molar-refractivity contribution < 1.29 is 4.74 Å². The SMILES string of the molecule is Cc1cc(N)c(OCc2ccccc2)cc1Br. The fourth-order valence-electron chi connectivity index (χ4n) is 1.55. The Labute approximate surface area is 110 Å². The molecule has 0 heterocycles. The van der Waals surface area contributed by atoms with Crippen molar-refractivity contribution in [1.29, 1.82) is 0 Å². The summed E-state index contributed by atoms with van der Waals surface area (Å²) >= 11 is 3.47. The third kappa shape index (κ3) is 3.01. The minimum absolute atomic E-state index is 0.528. The van der Waals surface area contributed by atoms with Crippen LogP contribution in [0.25, 0.3) is 0 Å². The van der Waals surface area contributed by atoms with E-state index in [1.165, 1.54) is 0 Å². The van der Waals surface area contributed by atoms with Crippen LogP contribution in [0.4, 0.5) is 5.69 Å². The average molecular weight is 292 g/mol. The van der Waals surface area contributed by atoms with E-state index in [4.69, 9.17) is 10.5 Å². The van der Waals surface area contributed by atoms with Gasteiger partial charge >= 0.3 is 0 Å². The molecule has 17 heavy (non-hydrogen) atoms. The van der Waals surface area contributed by atoms with Crippen LogP contribution in [0.1, 0.15) is 11.1 Å². The normalized spacial score (nSPS) is 10.2. The summed E-state index contributed by atoms with van der Waals surface area (Å²) in [5.41, 5.74) is 8.81. The highest BCUT2D eigenvalue weighted by atomic mass is 79.9. The van der Waals surface area contributed by atoms with Crippen molar-refractivity contribution in [3.8, 4) is 5.75 Å². The van der Waals surface area contributed by atoms with Crippen molar-refractivity contribution in [2.75, 3.05) is 5.73 Å². The van der Waals surface area contributed by atoms with Gasteiger partial charge in [0.1, 0.15) is 12.4 Å². The Balaban J connectivity index is 2.12. The first kappa shape index (κ1) is 12.0. The van der Waals surface area contributed by atoms with Gasteiger partial charge in [-0.3, -0.25) is 0 Å². The quantitative estimate of drug-likeness (QED) is 0.870. The van der Waals surface area contributed by atoms with Crippen LogP contribution in [0.5, 0.6) is 5.75 Å². The molecule has 0 spiro atoms. The van der Waals surface area contributed by atoms with Crippen molar-refractivity contribution in [2.45, 2.75) is 13.5 Å². The van der Waals surface area contributed by atoms with Gasteiger partial charge in [0.15, 0.2) is 0 Å². The predicted molar refractivity (Wildman–Crippen MR) is 74.1 cm³/mol. The molecule has 0 atom stereocenters. The van der Waals surface area contributed by atoms with E-state index < -0.39 is 0 Å². The Hall–Kier alpha value is -1.48. The summed E-state index contributed by atoms with van der Waals surface area (Å²) in [6.45, 7) is 2.53. The number of aryl methyl sites for hydroxylation is 1. The molecule has 3 heteroatoms. The summed E-state index contributed by atoms with van der Waals surface area (Å²) in [7, 11) is 0. The van der Waals surface area contributed by atoms with Crippen LogP contribution in [0.3, 0.4) is 0 Å². The number of nitrogens with two attached hydrogens (primary N) is 1. The summed E-state index contributed by atoms with van der Waals surface area (Å²) in [4.78, 5) is 0. The molecule has 0 radical (unpaired) electrons. The number of rotatable bonds is 3. The van der Waals surface area contributed by atoms with Crippen LogP contribution >= 0.6 is 15.9 Å². The van der Waals surface area contributed by atoms with Gasteiger partial charge in [0.25, 0.3) is 0 Å². The summed E-state index contributed by atoms with van der Waals surface area (Å²) < 4.78 is 6.71. The van der Waals surface area contributed by atoms with Crippen LogP contribution < -0.4 is 10.5 Å². The van der Waals surface area contributed by atoms with Crippen molar-refractivity contribution in [3.63, 3.8) is 0 Å². The van der Waals surface area contributed by atoms with Crippen molar-refractivity contribution >= 4 is 21.6 Å². The van der Waals surface area contributed by atoms with Gasteiger partial charge < -0.3 is 10.5 Å². The molecule has 0 saturated carbocycles. The van der Waals surface area contributed by atoms with Gasteiger partial charge in [-0.25, -0.2) is 0 Å². The molecule has 0 bridgehead atoms. The maximum Gasteiger partial charge on any atom is 0.143 e. The lowest BCUT2D eigenvalue weighted by Gasteiger charge is -2.10. The molecule has 2 N–H and O–H groups in total. The van der Waals surface area contributed by atoms with Crippen LogP contribution in [-0.2, 0) is 6.61 Å². The largest absolute Gasteiger partial charge is 0.487 e. The Morgan fingerprint density at radius 3 is 2.59 bits per heavy atom. The Kier molecular flexibility index (Phi) is 3.69. The van der Waals surface area contributed by atoms with E-state index in [9.17, 15) is 0 Å². The standard InChI is InChI=1S/C14H14BrNO/c1-10-7-13(16)14(8-12(10)15)17-9-11-5-3-2-4-6-11/h2-8H,9,16H2,1H3. The lowest BCUT2D eigenvalue weighted by Crippen LogP contribution is -1.99. The maximum atomic E-state index is 5.91. The number of hydrogen-bond acceptors (Lipinski definition) is 2. The summed E-state index contributed by atoms with van der Waals surface area (Å²) in [6.07, 6.45) is 0. The first-order chi connectivity index (χ1) is 8.16. The highest BCUT2D eigenvalue weighted by molar-refractivity contribution is 9.10. The molecule has 0 aliphatic carbocycles. The molecular formula is C14H14BrNO. The Morgan fingerprint density at radius 1 is 1.18 bits per heavy atom. The lowest BCUT2D eigenvalue weighted by molar-refractivity contribution is 0.307. The topological polar surface area (TPSA) is 35.2 Å². The van der Waals surface area contributed by atoms with Gasteiger partial charge in [-0.1, -0.05) is 46.3 Å². The predicted octanol–water partition coefficient (Wildman–Crippen LogP) is 3.92. The third-order valence-corrected chi connectivity index (χ3v) is 3.38. The number of benzene rings is 2. The lowest BCUT2D eigenvalue weighted by atomic mass is 10.2. The highest BCUT2D eigenvalue weighted by Gasteiger charge is 2.04. The first-order valence-corrected chi connectivity index (χ1v) is 6.18. The van der Waals surface area contributed by atoms with Gasteiger partial charge in [0, 0.05) is 4.47 Å². The fourth-order valence-corrected chi connectivity index (χ4v) is 1.87. The molecule has 88 valence electrons. The number of anilines is 1. The molecule has 2 aromatic carbocycles. The van der Waals surface area contributed by atoms with Gasteiger partial charge in [0.05, 0.1) is 5.69 Å². The minimum Gasteiger partial charge on any atom is -0.487 e. The zero-order valence-electron chi connectivity index (χ0n) is 9.61. The van der Waals surface area contributed by atoms with E-state index in [0.29, 0.717) is 18.0 Å². The zero-order chi connectivity index (χ0) is 12.3. The van der Waals surface area contributed by atoms with E-state index in [2.05, 4.69) is 15.9 Å². The number of hydrogen-bond donors (Lipinski definition) is 1. The molecule has 0 aliphatic rings. The number of nitrogen functional groups attached to an aromatic ring is 1. The Bertz CT molecular complexity index is 511. The molecule has 0 aliphatic heterocycles. The van der Waals surface area contributed by atoms with E-state index >= 15 is 0 Å². The molecule has 2 rings (SSSR count). The fraction of sp³-hybridized carbons (Fsp3) is 0.143. The van der Waals surface area contributed by atoms with Crippen LogP contribution in [0.15, 0.2) is 46.9 Å². The molecule has 0 saturated heterocycles. The van der Waals surface area contributed by atoms with Crippen LogP contribution in [0.2, 0.25) is 0 Å². The number of ether oxygens (including phenoxy) is 1. The molecule has 0 amide bonds. The van der Waals surface area contributed by atoms with Crippen LogP contribution in [-0.4, -0.2) is 0 Å². The molecular weight excluding hydrogens is 278 g/mol. The van der Waals surface area contributed by atoms with Gasteiger partial charge in [-0.05, 0) is 30.2 Å². The van der Waals surface area contributed by atoms with Gasteiger partial charge in [0.2, 0.25) is 0 Å². The van der Waals surface area contributed by atoms with Crippen molar-refractivity contribution in [2.24, 2.45) is 0 Å². The summed E-state index contributed by atoms with van der Waals surface area (Å²) in [6, 6.07) is 13.8. The Morgan fingerprint density at radius 2 is 1.88 bits per heavy atom. The maximum absolute atomic E-state index is 5.91. The third-order valence-electron chi connectivity index (χ3n) is 2.53. The summed E-state index contributed by atoms with van der Waals surface area (Å²) in [5.74, 6) is 0.714. The summed E-state index contributed by atoms with van der Waals surface area (Å²) in [5, 5.41) is 0. The average Bonchev–Trinajstić information content (AvgIpc) is 2.33. The highest BCUT2D eigenvalue weighted by Crippen LogP contribution is 2.29. The molecule has 0 aromatic heterocycles. The smallest absolute Gasteiger partial charge is 0.143 e. The molecule has 2 nitrogen and oxygen atoms in total. The second-order valence-electron chi connectivity index (χ2n) is 3.91. The zero-order valence-corrected chi connectivity index (χ0v) is 11.2. The second kappa shape index (κ2) is 5.23. The minimum atomic E-state index is 0.528. The van der Waals surface area contributed by atoms with Gasteiger partial charge in [-0.15, -0.1) is 0 Å². The van der Waals surface area contributed by atoms with E-state index in [1.807, 2.05) is 49.4 Å². The molecule has 2 aromatic rings. The number of halogens is 1. The first-order valence-electron chi connectivity index (χ1n) is 5.39. The van der Waals surface area contributed by atoms with Crippen molar-refractivity contribution in [1.82, 2.24) is 0 Å². The monoisotopic (exact) mass is 291 g/mol. The van der Waals surface area contributed by atoms with E-state index in [-0.39, 0.29) is 0 Å². The van der Waals surface area contributed by atoms with E-state index in [1.54, 1.807) is 0 Å². The molecule has 0 unspecified atom stereocenters. The van der Waals surface area contributed by atoms with Crippen LogP contribution in [0, 0.1) is 6.92 Å². The molecule has 0 fully saturated rings. The second-order valence-corrected chi connectivity index (χ2v) is 4.77. The van der Waals surface area contributed by atoms with Crippen molar-refractivity contribution in [3.05, 3.63) is 58.1 Å².